The van der Waals surface area contributed by atoms with Crippen LogP contribution in [-0.4, -0.2) is 45.9 Å². The van der Waals surface area contributed by atoms with Crippen molar-refractivity contribution in [3.63, 3.8) is 0 Å². The summed E-state index contributed by atoms with van der Waals surface area (Å²) in [5, 5.41) is 28.7. The standard InChI is InChI=1S/C8H11N3O9/c12-7(13)3-9-8(14)4-1-5(19-10(15)16)6(2-4)20-11(17)18/h4-6H,1-3H2,(H,9,14)(H,12,13). The lowest BCUT2D eigenvalue weighted by Gasteiger charge is -2.14. The first-order chi connectivity index (χ1) is 9.29. The number of hydrogen-bond donors (Lipinski definition) is 2. The molecule has 12 nitrogen and oxygen atoms in total. The Balaban J connectivity index is 2.63. The van der Waals surface area contributed by atoms with Crippen LogP contribution >= 0.6 is 0 Å². The molecule has 0 aromatic carbocycles. The van der Waals surface area contributed by atoms with Gasteiger partial charge in [0.05, 0.1) is 0 Å². The molecule has 1 amide bonds. The Labute approximate surface area is 110 Å². The van der Waals surface area contributed by atoms with Crippen molar-refractivity contribution >= 4 is 11.9 Å². The van der Waals surface area contributed by atoms with E-state index in [1.807, 2.05) is 0 Å². The molecular weight excluding hydrogens is 282 g/mol. The Morgan fingerprint density at radius 3 is 1.95 bits per heavy atom. The van der Waals surface area contributed by atoms with Crippen molar-refractivity contribution in [2.24, 2.45) is 5.92 Å². The topological polar surface area (TPSA) is 171 Å². The van der Waals surface area contributed by atoms with Crippen molar-refractivity contribution in [1.29, 1.82) is 0 Å². The molecule has 1 aliphatic rings. The highest BCUT2D eigenvalue weighted by Crippen LogP contribution is 2.31. The van der Waals surface area contributed by atoms with E-state index in [2.05, 4.69) is 15.0 Å². The van der Waals surface area contributed by atoms with Gasteiger partial charge in [-0.2, -0.15) is 0 Å². The summed E-state index contributed by atoms with van der Waals surface area (Å²) in [7, 11) is 0. The number of carboxylic acids is 1. The molecule has 1 aliphatic carbocycles. The van der Waals surface area contributed by atoms with E-state index in [-0.39, 0.29) is 12.8 Å². The van der Waals surface area contributed by atoms with E-state index in [9.17, 15) is 29.8 Å². The van der Waals surface area contributed by atoms with Crippen molar-refractivity contribution < 1.29 is 34.5 Å². The third kappa shape index (κ3) is 4.55. The Morgan fingerprint density at radius 1 is 1.15 bits per heavy atom. The number of amides is 1. The Kier molecular flexibility index (Phi) is 5.00. The Hall–Kier alpha value is -2.66. The number of nitrogens with one attached hydrogen (secondary N) is 1. The van der Waals surface area contributed by atoms with Crippen LogP contribution in [0.4, 0.5) is 0 Å². The van der Waals surface area contributed by atoms with Crippen molar-refractivity contribution in [2.45, 2.75) is 25.0 Å². The minimum absolute atomic E-state index is 0.176. The third-order valence-electron chi connectivity index (χ3n) is 2.68. The molecule has 20 heavy (non-hydrogen) atoms. The molecule has 0 radical (unpaired) electrons. The molecule has 1 rings (SSSR count). The second-order valence-electron chi connectivity index (χ2n) is 4.01. The minimum Gasteiger partial charge on any atom is -0.480 e. The summed E-state index contributed by atoms with van der Waals surface area (Å²) in [6.45, 7) is -0.614. The van der Waals surface area contributed by atoms with E-state index < -0.39 is 46.7 Å². The van der Waals surface area contributed by atoms with E-state index in [4.69, 9.17) is 5.11 Å². The second-order valence-corrected chi connectivity index (χ2v) is 4.01. The molecule has 0 aromatic heterocycles. The number of nitrogens with zero attached hydrogens (tertiary/aromatic N) is 2. The molecule has 1 fully saturated rings. The van der Waals surface area contributed by atoms with E-state index in [1.54, 1.807) is 0 Å². The number of carbonyl (C=O) groups excluding carboxylic acids is 1. The molecule has 112 valence electrons. The molecule has 1 saturated carbocycles. The van der Waals surface area contributed by atoms with Gasteiger partial charge in [0.2, 0.25) is 5.91 Å². The van der Waals surface area contributed by atoms with Gasteiger partial charge in [-0.3, -0.25) is 9.59 Å². The van der Waals surface area contributed by atoms with Crippen LogP contribution in [0, 0.1) is 26.1 Å². The van der Waals surface area contributed by atoms with Gasteiger partial charge in [0.25, 0.3) is 10.2 Å². The van der Waals surface area contributed by atoms with Crippen molar-refractivity contribution in [2.75, 3.05) is 6.54 Å². The normalized spacial score (nSPS) is 24.7. The highest BCUT2D eigenvalue weighted by molar-refractivity contribution is 5.83. The number of aliphatic carboxylic acids is 1. The fourth-order valence-electron chi connectivity index (χ4n) is 1.92. The summed E-state index contributed by atoms with van der Waals surface area (Å²) in [5.74, 6) is -2.80. The second kappa shape index (κ2) is 6.49. The van der Waals surface area contributed by atoms with Gasteiger partial charge in [0.15, 0.2) is 0 Å². The van der Waals surface area contributed by atoms with Crippen LogP contribution < -0.4 is 5.32 Å². The summed E-state index contributed by atoms with van der Waals surface area (Å²) in [6, 6.07) is 0. The summed E-state index contributed by atoms with van der Waals surface area (Å²) >= 11 is 0. The molecule has 0 aliphatic heterocycles. The van der Waals surface area contributed by atoms with E-state index in [0.29, 0.717) is 0 Å². The Bertz CT molecular complexity index is 401. The van der Waals surface area contributed by atoms with Crippen LogP contribution in [0.25, 0.3) is 0 Å². The van der Waals surface area contributed by atoms with Crippen LogP contribution in [0.15, 0.2) is 0 Å². The lowest BCUT2D eigenvalue weighted by atomic mass is 10.1. The zero-order valence-electron chi connectivity index (χ0n) is 9.96. The first-order valence-electron chi connectivity index (χ1n) is 5.41. The summed E-state index contributed by atoms with van der Waals surface area (Å²) < 4.78 is 0. The van der Waals surface area contributed by atoms with E-state index in [1.165, 1.54) is 0 Å². The van der Waals surface area contributed by atoms with Crippen molar-refractivity contribution in [3.05, 3.63) is 20.2 Å². The smallest absolute Gasteiger partial charge is 0.322 e. The van der Waals surface area contributed by atoms with Gasteiger partial charge in [-0.05, 0) is 12.8 Å². The fourth-order valence-corrected chi connectivity index (χ4v) is 1.92. The summed E-state index contributed by atoms with van der Waals surface area (Å²) in [5.41, 5.74) is 0. The third-order valence-corrected chi connectivity index (χ3v) is 2.68. The molecule has 12 heteroatoms. The van der Waals surface area contributed by atoms with E-state index in [0.717, 1.165) is 0 Å². The largest absolute Gasteiger partial charge is 0.480 e. The van der Waals surface area contributed by atoms with Gasteiger partial charge in [-0.25, -0.2) is 0 Å². The number of rotatable bonds is 7. The molecular formula is C8H11N3O9. The minimum atomic E-state index is -1.26. The Morgan fingerprint density at radius 2 is 1.60 bits per heavy atom. The SMILES string of the molecule is O=C(O)CNC(=O)C1CC(O[N+](=O)[O-])C(O[N+](=O)[O-])C1. The molecule has 2 N–H and O–H groups in total. The zero-order valence-corrected chi connectivity index (χ0v) is 9.96. The first kappa shape index (κ1) is 15.4. The van der Waals surface area contributed by atoms with Crippen LogP contribution in [0.1, 0.15) is 12.8 Å². The van der Waals surface area contributed by atoms with Gasteiger partial charge in [-0.1, -0.05) is 0 Å². The van der Waals surface area contributed by atoms with Crippen LogP contribution in [-0.2, 0) is 19.3 Å². The maximum Gasteiger partial charge on any atom is 0.322 e. The van der Waals surface area contributed by atoms with Gasteiger partial charge in [-0.15, -0.1) is 20.2 Å². The highest BCUT2D eigenvalue weighted by Gasteiger charge is 2.42. The molecule has 0 heterocycles. The quantitative estimate of drug-likeness (QED) is 0.429. The lowest BCUT2D eigenvalue weighted by molar-refractivity contribution is -0.797. The summed E-state index contributed by atoms with van der Waals surface area (Å²) in [6.07, 6.45) is -2.86. The molecule has 0 aromatic rings. The van der Waals surface area contributed by atoms with Gasteiger partial charge in [0.1, 0.15) is 18.8 Å². The lowest BCUT2D eigenvalue weighted by Crippen LogP contribution is -2.34. The average Bonchev–Trinajstić information content (AvgIpc) is 2.67. The fraction of sp³-hybridized carbons (Fsp3) is 0.750. The van der Waals surface area contributed by atoms with Crippen LogP contribution in [0.2, 0.25) is 0 Å². The monoisotopic (exact) mass is 293 g/mol. The van der Waals surface area contributed by atoms with Crippen LogP contribution in [0.3, 0.4) is 0 Å². The molecule has 2 atom stereocenters. The van der Waals surface area contributed by atoms with Crippen molar-refractivity contribution in [3.8, 4) is 0 Å². The maximum absolute atomic E-state index is 11.6. The van der Waals surface area contributed by atoms with E-state index >= 15 is 0 Å². The van der Waals surface area contributed by atoms with Gasteiger partial charge >= 0.3 is 5.97 Å². The highest BCUT2D eigenvalue weighted by atomic mass is 17.0. The van der Waals surface area contributed by atoms with Crippen LogP contribution in [0.5, 0.6) is 0 Å². The van der Waals surface area contributed by atoms with Crippen molar-refractivity contribution in [1.82, 2.24) is 5.32 Å². The van der Waals surface area contributed by atoms with Gasteiger partial charge < -0.3 is 20.1 Å². The number of hydrogen-bond acceptors (Lipinski definition) is 8. The number of carboxylic acid groups (broad SMARTS) is 1. The maximum atomic E-state index is 11.6. The zero-order chi connectivity index (χ0) is 15.3. The predicted octanol–water partition coefficient (Wildman–Crippen LogP) is -1.25. The predicted molar refractivity (Wildman–Crippen MR) is 57.1 cm³/mol. The molecule has 0 saturated heterocycles. The average molecular weight is 293 g/mol. The molecule has 0 spiro atoms. The first-order valence-corrected chi connectivity index (χ1v) is 5.41. The molecule has 2 unspecified atom stereocenters. The molecule has 0 bridgehead atoms. The number of carbonyl (C=O) groups is 2. The summed E-state index contributed by atoms with van der Waals surface area (Å²) in [4.78, 5) is 50.9. The van der Waals surface area contributed by atoms with Gasteiger partial charge in [0, 0.05) is 5.92 Å².